The topological polar surface area (TPSA) is 79.6 Å². The first-order chi connectivity index (χ1) is 14.5. The number of furan rings is 1. The van der Waals surface area contributed by atoms with Gasteiger partial charge in [0, 0.05) is 18.0 Å². The van der Waals surface area contributed by atoms with Crippen LogP contribution in [0.3, 0.4) is 0 Å². The summed E-state index contributed by atoms with van der Waals surface area (Å²) in [5, 5.41) is 2.98. The van der Waals surface area contributed by atoms with Gasteiger partial charge in [-0.15, -0.1) is 0 Å². The number of hydrogen-bond acceptors (Lipinski definition) is 4. The minimum atomic E-state index is -0.308. The van der Waals surface area contributed by atoms with Crippen molar-refractivity contribution in [3.05, 3.63) is 94.9 Å². The number of aryl methyl sites for hydroxylation is 1. The molecule has 1 N–H and O–H groups in total. The third kappa shape index (κ3) is 4.03. The van der Waals surface area contributed by atoms with Crippen molar-refractivity contribution in [3.8, 4) is 0 Å². The van der Waals surface area contributed by atoms with E-state index in [0.717, 1.165) is 24.2 Å². The molecule has 1 atom stereocenters. The van der Waals surface area contributed by atoms with E-state index in [1.54, 1.807) is 54.8 Å². The van der Waals surface area contributed by atoms with Crippen molar-refractivity contribution in [2.75, 3.05) is 0 Å². The fourth-order valence-corrected chi connectivity index (χ4v) is 3.57. The van der Waals surface area contributed by atoms with Gasteiger partial charge in [-0.3, -0.25) is 19.3 Å². The monoisotopic (exact) mass is 402 g/mol. The van der Waals surface area contributed by atoms with E-state index in [4.69, 9.17) is 4.42 Å². The van der Waals surface area contributed by atoms with E-state index < -0.39 is 0 Å². The molecule has 0 radical (unpaired) electrons. The molecule has 6 heteroatoms. The summed E-state index contributed by atoms with van der Waals surface area (Å²) in [5.74, 6) is 0.0826. The largest absolute Gasteiger partial charge is 0.469 e. The van der Waals surface area contributed by atoms with Gasteiger partial charge < -0.3 is 9.73 Å². The van der Waals surface area contributed by atoms with E-state index in [-0.39, 0.29) is 30.3 Å². The number of amides is 3. The number of imide groups is 1. The van der Waals surface area contributed by atoms with Crippen LogP contribution in [0, 0.1) is 0 Å². The van der Waals surface area contributed by atoms with Crippen LogP contribution >= 0.6 is 0 Å². The van der Waals surface area contributed by atoms with E-state index in [2.05, 4.69) is 5.32 Å². The van der Waals surface area contributed by atoms with Gasteiger partial charge >= 0.3 is 0 Å². The van der Waals surface area contributed by atoms with E-state index in [0.29, 0.717) is 16.7 Å². The van der Waals surface area contributed by atoms with Gasteiger partial charge in [0.1, 0.15) is 5.76 Å². The van der Waals surface area contributed by atoms with Crippen molar-refractivity contribution in [2.24, 2.45) is 0 Å². The second-order valence-corrected chi connectivity index (χ2v) is 7.43. The lowest BCUT2D eigenvalue weighted by Gasteiger charge is -2.16. The predicted molar refractivity (Wildman–Crippen MR) is 111 cm³/mol. The molecule has 0 spiro atoms. The van der Waals surface area contributed by atoms with Crippen LogP contribution in [-0.4, -0.2) is 28.7 Å². The van der Waals surface area contributed by atoms with Crippen LogP contribution in [0.25, 0.3) is 0 Å². The highest BCUT2D eigenvalue weighted by molar-refractivity contribution is 6.21. The van der Waals surface area contributed by atoms with Gasteiger partial charge in [0.25, 0.3) is 17.7 Å². The summed E-state index contributed by atoms with van der Waals surface area (Å²) in [7, 11) is 0. The van der Waals surface area contributed by atoms with Crippen molar-refractivity contribution < 1.29 is 18.8 Å². The Morgan fingerprint density at radius 3 is 2.40 bits per heavy atom. The van der Waals surface area contributed by atoms with Gasteiger partial charge in [0.15, 0.2) is 0 Å². The van der Waals surface area contributed by atoms with Crippen LogP contribution in [0.2, 0.25) is 0 Å². The van der Waals surface area contributed by atoms with Crippen molar-refractivity contribution >= 4 is 17.7 Å². The molecule has 30 heavy (non-hydrogen) atoms. The normalized spacial score (nSPS) is 14.0. The highest BCUT2D eigenvalue weighted by Crippen LogP contribution is 2.24. The van der Waals surface area contributed by atoms with Gasteiger partial charge in [0.2, 0.25) is 0 Å². The molecule has 2 heterocycles. The number of benzene rings is 2. The van der Waals surface area contributed by atoms with Gasteiger partial charge in [0.05, 0.1) is 23.9 Å². The maximum absolute atomic E-state index is 12.6. The summed E-state index contributed by atoms with van der Waals surface area (Å²) in [5.41, 5.74) is 2.05. The number of fused-ring (bicyclic) bond motifs is 1. The molecule has 2 aromatic carbocycles. The summed E-state index contributed by atoms with van der Waals surface area (Å²) in [6.07, 6.45) is 3.14. The van der Waals surface area contributed by atoms with E-state index in [1.807, 2.05) is 19.1 Å². The first kappa shape index (κ1) is 19.6. The van der Waals surface area contributed by atoms with Crippen LogP contribution in [-0.2, 0) is 13.0 Å². The molecule has 0 saturated heterocycles. The van der Waals surface area contributed by atoms with Crippen LogP contribution in [0.1, 0.15) is 55.7 Å². The molecule has 1 aliphatic rings. The summed E-state index contributed by atoms with van der Waals surface area (Å²) < 4.78 is 5.32. The number of rotatable bonds is 7. The van der Waals surface area contributed by atoms with E-state index in [1.165, 1.54) is 4.90 Å². The maximum Gasteiger partial charge on any atom is 0.261 e. The Kier molecular flexibility index (Phi) is 5.48. The SMILES string of the molecule is CC(CCc1ccco1)NC(=O)c1cccc(CN2C(=O)c3ccccc3C2=O)c1. The van der Waals surface area contributed by atoms with Gasteiger partial charge in [-0.05, 0) is 55.3 Å². The number of carbonyl (C=O) groups is 3. The zero-order valence-corrected chi connectivity index (χ0v) is 16.6. The fourth-order valence-electron chi connectivity index (χ4n) is 3.57. The first-order valence-electron chi connectivity index (χ1n) is 9.90. The summed E-state index contributed by atoms with van der Waals surface area (Å²) >= 11 is 0. The molecule has 0 fully saturated rings. The zero-order chi connectivity index (χ0) is 21.1. The number of hydrogen-bond donors (Lipinski definition) is 1. The Morgan fingerprint density at radius 1 is 1.00 bits per heavy atom. The number of nitrogens with zero attached hydrogens (tertiary/aromatic N) is 1. The van der Waals surface area contributed by atoms with E-state index >= 15 is 0 Å². The Hall–Kier alpha value is -3.67. The molecule has 6 nitrogen and oxygen atoms in total. The quantitative estimate of drug-likeness (QED) is 0.609. The lowest BCUT2D eigenvalue weighted by Crippen LogP contribution is -2.33. The lowest BCUT2D eigenvalue weighted by molar-refractivity contribution is 0.0642. The average Bonchev–Trinajstić information content (AvgIpc) is 3.36. The second-order valence-electron chi connectivity index (χ2n) is 7.43. The van der Waals surface area contributed by atoms with Gasteiger partial charge in [-0.25, -0.2) is 0 Å². The molecular formula is C24H22N2O4. The van der Waals surface area contributed by atoms with Crippen molar-refractivity contribution in [3.63, 3.8) is 0 Å². The Bertz CT molecular complexity index is 1050. The van der Waals surface area contributed by atoms with Crippen molar-refractivity contribution in [1.29, 1.82) is 0 Å². The number of nitrogens with one attached hydrogen (secondary N) is 1. The summed E-state index contributed by atoms with van der Waals surface area (Å²) in [6.45, 7) is 2.07. The predicted octanol–water partition coefficient (Wildman–Crippen LogP) is 3.83. The van der Waals surface area contributed by atoms with Crippen molar-refractivity contribution in [2.45, 2.75) is 32.4 Å². The molecule has 152 valence electrons. The molecule has 0 aliphatic carbocycles. The third-order valence-corrected chi connectivity index (χ3v) is 5.19. The van der Waals surface area contributed by atoms with Gasteiger partial charge in [-0.2, -0.15) is 0 Å². The van der Waals surface area contributed by atoms with Crippen LogP contribution in [0.15, 0.2) is 71.3 Å². The molecular weight excluding hydrogens is 380 g/mol. The highest BCUT2D eigenvalue weighted by Gasteiger charge is 2.35. The molecule has 3 amide bonds. The van der Waals surface area contributed by atoms with Gasteiger partial charge in [-0.1, -0.05) is 24.3 Å². The molecule has 1 aliphatic heterocycles. The molecule has 3 aromatic rings. The Balaban J connectivity index is 1.40. The first-order valence-corrected chi connectivity index (χ1v) is 9.90. The average molecular weight is 402 g/mol. The summed E-state index contributed by atoms with van der Waals surface area (Å²) in [4.78, 5) is 39.0. The van der Waals surface area contributed by atoms with Crippen LogP contribution in [0.5, 0.6) is 0 Å². The molecule has 0 bridgehead atoms. The lowest BCUT2D eigenvalue weighted by atomic mass is 10.1. The van der Waals surface area contributed by atoms with Crippen LogP contribution in [0.4, 0.5) is 0 Å². The minimum Gasteiger partial charge on any atom is -0.469 e. The highest BCUT2D eigenvalue weighted by atomic mass is 16.3. The van der Waals surface area contributed by atoms with Crippen LogP contribution < -0.4 is 5.32 Å². The smallest absolute Gasteiger partial charge is 0.261 e. The number of carbonyl (C=O) groups excluding carboxylic acids is 3. The molecule has 1 aromatic heterocycles. The fraction of sp³-hybridized carbons (Fsp3) is 0.208. The minimum absolute atomic E-state index is 0.0255. The molecule has 0 saturated carbocycles. The third-order valence-electron chi connectivity index (χ3n) is 5.19. The Morgan fingerprint density at radius 2 is 1.73 bits per heavy atom. The molecule has 4 rings (SSSR count). The standard InChI is InChI=1S/C24H22N2O4/c1-16(11-12-19-8-5-13-30-19)25-22(27)18-7-4-6-17(14-18)15-26-23(28)20-9-2-3-10-21(20)24(26)29/h2-10,13-14,16H,11-12,15H2,1H3,(H,25,27). The van der Waals surface area contributed by atoms with E-state index in [9.17, 15) is 14.4 Å². The van der Waals surface area contributed by atoms with Crippen molar-refractivity contribution in [1.82, 2.24) is 10.2 Å². The Labute approximate surface area is 174 Å². The summed E-state index contributed by atoms with van der Waals surface area (Å²) in [6, 6.07) is 17.5. The second kappa shape index (κ2) is 8.37. The maximum atomic E-state index is 12.6. The zero-order valence-electron chi connectivity index (χ0n) is 16.6. The molecule has 1 unspecified atom stereocenters.